The summed E-state index contributed by atoms with van der Waals surface area (Å²) >= 11 is 3.59. The molecule has 0 radical (unpaired) electrons. The molecule has 0 N–H and O–H groups in total. The number of amides is 1. The predicted molar refractivity (Wildman–Crippen MR) is 79.1 cm³/mol. The van der Waals surface area contributed by atoms with Gasteiger partial charge in [0.15, 0.2) is 0 Å². The smallest absolute Gasteiger partial charge is 0.226 e. The summed E-state index contributed by atoms with van der Waals surface area (Å²) in [6, 6.07) is 8.26. The van der Waals surface area contributed by atoms with Crippen molar-refractivity contribution in [3.05, 3.63) is 34.3 Å². The lowest BCUT2D eigenvalue weighted by atomic mass is 10.1. The molecule has 4 heteroatoms. The minimum atomic E-state index is 0.210. The van der Waals surface area contributed by atoms with Crippen LogP contribution in [0.25, 0.3) is 0 Å². The molecular weight excluding hydrogens is 304 g/mol. The maximum Gasteiger partial charge on any atom is 0.226 e. The van der Waals surface area contributed by atoms with E-state index in [0.717, 1.165) is 37.1 Å². The van der Waals surface area contributed by atoms with Gasteiger partial charge in [0.25, 0.3) is 0 Å². The van der Waals surface area contributed by atoms with E-state index < -0.39 is 0 Å². The van der Waals surface area contributed by atoms with Crippen molar-refractivity contribution in [2.45, 2.75) is 12.3 Å². The van der Waals surface area contributed by atoms with Crippen LogP contribution in [0.4, 0.5) is 0 Å². The summed E-state index contributed by atoms with van der Waals surface area (Å²) in [5.74, 6) is 0.985. The molecule has 1 aliphatic heterocycles. The van der Waals surface area contributed by atoms with Crippen LogP contribution in [0, 0.1) is 5.92 Å². The summed E-state index contributed by atoms with van der Waals surface area (Å²) in [5, 5.41) is 0. The first-order valence-corrected chi connectivity index (χ1v) is 7.68. The van der Waals surface area contributed by atoms with Gasteiger partial charge in [0.1, 0.15) is 0 Å². The molecule has 102 valence electrons. The van der Waals surface area contributed by atoms with Gasteiger partial charge in [-0.05, 0) is 31.0 Å². The SMILES string of the molecule is CN1CCN(C(=O)[C@H]2C[C@H]2c2ccccc2Br)CC1. The highest BCUT2D eigenvalue weighted by Crippen LogP contribution is 2.50. The molecule has 0 bridgehead atoms. The number of hydrogen-bond acceptors (Lipinski definition) is 2. The van der Waals surface area contributed by atoms with Gasteiger partial charge in [-0.15, -0.1) is 0 Å². The Kier molecular flexibility index (Phi) is 3.63. The van der Waals surface area contributed by atoms with Gasteiger partial charge >= 0.3 is 0 Å². The van der Waals surface area contributed by atoms with E-state index in [1.165, 1.54) is 5.56 Å². The minimum absolute atomic E-state index is 0.210. The maximum atomic E-state index is 12.5. The molecule has 2 aliphatic rings. The summed E-state index contributed by atoms with van der Waals surface area (Å²) in [4.78, 5) is 16.8. The second-order valence-corrected chi connectivity index (χ2v) is 6.45. The summed E-state index contributed by atoms with van der Waals surface area (Å²) in [6.45, 7) is 3.76. The molecule has 3 nitrogen and oxygen atoms in total. The molecule has 1 amide bonds. The maximum absolute atomic E-state index is 12.5. The molecule has 1 aromatic carbocycles. The molecule has 3 rings (SSSR count). The Labute approximate surface area is 122 Å². The van der Waals surface area contributed by atoms with Gasteiger partial charge in [-0.2, -0.15) is 0 Å². The predicted octanol–water partition coefficient (Wildman–Crippen LogP) is 2.33. The molecule has 0 spiro atoms. The topological polar surface area (TPSA) is 23.6 Å². The van der Waals surface area contributed by atoms with Gasteiger partial charge in [0.05, 0.1) is 0 Å². The second kappa shape index (κ2) is 5.25. The van der Waals surface area contributed by atoms with Crippen LogP contribution in [-0.2, 0) is 4.79 Å². The lowest BCUT2D eigenvalue weighted by Crippen LogP contribution is -2.47. The standard InChI is InChI=1S/C15H19BrN2O/c1-17-6-8-18(9-7-17)15(19)13-10-12(13)11-4-2-3-5-14(11)16/h2-5,12-13H,6-10H2,1H3/t12-,13-/m0/s1. The van der Waals surface area contributed by atoms with Crippen molar-refractivity contribution < 1.29 is 4.79 Å². The Morgan fingerprint density at radius 3 is 2.58 bits per heavy atom. The van der Waals surface area contributed by atoms with Crippen molar-refractivity contribution in [2.24, 2.45) is 5.92 Å². The van der Waals surface area contributed by atoms with Gasteiger partial charge in [-0.3, -0.25) is 4.79 Å². The highest BCUT2D eigenvalue weighted by atomic mass is 79.9. The van der Waals surface area contributed by atoms with Gasteiger partial charge < -0.3 is 9.80 Å². The lowest BCUT2D eigenvalue weighted by molar-refractivity contribution is -0.134. The molecule has 2 fully saturated rings. The van der Waals surface area contributed by atoms with Crippen molar-refractivity contribution in [3.8, 4) is 0 Å². The van der Waals surface area contributed by atoms with E-state index in [4.69, 9.17) is 0 Å². The fraction of sp³-hybridized carbons (Fsp3) is 0.533. The molecule has 2 atom stereocenters. The second-order valence-electron chi connectivity index (χ2n) is 5.60. The van der Waals surface area contributed by atoms with Gasteiger partial charge in [-0.25, -0.2) is 0 Å². The molecule has 0 aromatic heterocycles. The number of piperazine rings is 1. The van der Waals surface area contributed by atoms with Crippen LogP contribution >= 0.6 is 15.9 Å². The number of hydrogen-bond donors (Lipinski definition) is 0. The van der Waals surface area contributed by atoms with Gasteiger partial charge in [0.2, 0.25) is 5.91 Å². The number of carbonyl (C=O) groups is 1. The van der Waals surface area contributed by atoms with Crippen molar-refractivity contribution in [1.29, 1.82) is 0 Å². The number of nitrogens with zero attached hydrogens (tertiary/aromatic N) is 2. The quantitative estimate of drug-likeness (QED) is 0.834. The largest absolute Gasteiger partial charge is 0.340 e. The highest BCUT2D eigenvalue weighted by molar-refractivity contribution is 9.10. The Bertz CT molecular complexity index is 483. The Morgan fingerprint density at radius 1 is 1.21 bits per heavy atom. The van der Waals surface area contributed by atoms with Crippen LogP contribution in [0.3, 0.4) is 0 Å². The van der Waals surface area contributed by atoms with Crippen molar-refractivity contribution in [2.75, 3.05) is 33.2 Å². The number of carbonyl (C=O) groups excluding carboxylic acids is 1. The van der Waals surface area contributed by atoms with Crippen LogP contribution in [0.5, 0.6) is 0 Å². The third-order valence-electron chi connectivity index (χ3n) is 4.23. The molecule has 19 heavy (non-hydrogen) atoms. The number of halogens is 1. The zero-order valence-corrected chi connectivity index (χ0v) is 12.8. The lowest BCUT2D eigenvalue weighted by Gasteiger charge is -2.32. The first-order valence-electron chi connectivity index (χ1n) is 6.88. The van der Waals surface area contributed by atoms with E-state index in [0.29, 0.717) is 11.8 Å². The van der Waals surface area contributed by atoms with E-state index in [1.54, 1.807) is 0 Å². The summed E-state index contributed by atoms with van der Waals surface area (Å²) in [6.07, 6.45) is 1.01. The first kappa shape index (κ1) is 13.1. The summed E-state index contributed by atoms with van der Waals surface area (Å²) in [5.41, 5.74) is 1.29. The summed E-state index contributed by atoms with van der Waals surface area (Å²) < 4.78 is 1.13. The van der Waals surface area contributed by atoms with Gasteiger partial charge in [-0.1, -0.05) is 34.1 Å². The number of benzene rings is 1. The molecular formula is C15H19BrN2O. The monoisotopic (exact) mass is 322 g/mol. The first-order chi connectivity index (χ1) is 9.16. The number of likely N-dealkylation sites (N-methyl/N-ethyl adjacent to an activating group) is 1. The zero-order valence-electron chi connectivity index (χ0n) is 11.2. The third kappa shape index (κ3) is 2.70. The van der Waals surface area contributed by atoms with Crippen LogP contribution in [-0.4, -0.2) is 48.9 Å². The normalized spacial score (nSPS) is 27.4. The zero-order chi connectivity index (χ0) is 13.4. The van der Waals surface area contributed by atoms with Crippen molar-refractivity contribution in [3.63, 3.8) is 0 Å². The Balaban J connectivity index is 1.63. The van der Waals surface area contributed by atoms with Gasteiger partial charge in [0, 0.05) is 36.6 Å². The van der Waals surface area contributed by atoms with E-state index in [2.05, 4.69) is 46.1 Å². The highest BCUT2D eigenvalue weighted by Gasteiger charge is 2.46. The van der Waals surface area contributed by atoms with E-state index in [-0.39, 0.29) is 5.92 Å². The molecule has 1 aliphatic carbocycles. The van der Waals surface area contributed by atoms with Crippen LogP contribution < -0.4 is 0 Å². The Morgan fingerprint density at radius 2 is 1.89 bits per heavy atom. The average molecular weight is 323 g/mol. The Hall–Kier alpha value is -0.870. The van der Waals surface area contributed by atoms with Crippen molar-refractivity contribution in [1.82, 2.24) is 9.80 Å². The molecule has 1 saturated heterocycles. The van der Waals surface area contributed by atoms with E-state index in [1.807, 2.05) is 11.0 Å². The summed E-state index contributed by atoms with van der Waals surface area (Å²) in [7, 11) is 2.11. The van der Waals surface area contributed by atoms with Crippen LogP contribution in [0.15, 0.2) is 28.7 Å². The minimum Gasteiger partial charge on any atom is -0.340 e. The molecule has 1 aromatic rings. The molecule has 1 heterocycles. The van der Waals surface area contributed by atoms with Crippen molar-refractivity contribution >= 4 is 21.8 Å². The number of rotatable bonds is 2. The van der Waals surface area contributed by atoms with Crippen LogP contribution in [0.2, 0.25) is 0 Å². The fourth-order valence-electron chi connectivity index (χ4n) is 2.85. The third-order valence-corrected chi connectivity index (χ3v) is 4.95. The molecule has 0 unspecified atom stereocenters. The molecule has 1 saturated carbocycles. The van der Waals surface area contributed by atoms with E-state index >= 15 is 0 Å². The fourth-order valence-corrected chi connectivity index (χ4v) is 3.43. The van der Waals surface area contributed by atoms with E-state index in [9.17, 15) is 4.79 Å². The van der Waals surface area contributed by atoms with Crippen LogP contribution in [0.1, 0.15) is 17.9 Å². The average Bonchev–Trinajstić information content (AvgIpc) is 3.19.